The molecule has 1 aliphatic heterocycles. The summed E-state index contributed by atoms with van der Waals surface area (Å²) in [5.74, 6) is 1.04. The highest BCUT2D eigenvalue weighted by Crippen LogP contribution is 2.34. The Morgan fingerprint density at radius 1 is 1.17 bits per heavy atom. The van der Waals surface area contributed by atoms with Crippen LogP contribution in [0.3, 0.4) is 0 Å². The van der Waals surface area contributed by atoms with Crippen LogP contribution in [0.2, 0.25) is 0 Å². The van der Waals surface area contributed by atoms with Gasteiger partial charge in [0.1, 0.15) is 11.5 Å². The summed E-state index contributed by atoms with van der Waals surface area (Å²) in [6.45, 7) is 6.67. The molecule has 0 aliphatic carbocycles. The van der Waals surface area contributed by atoms with Crippen LogP contribution in [0.15, 0.2) is 36.4 Å². The second-order valence-electron chi connectivity index (χ2n) is 7.33. The van der Waals surface area contributed by atoms with E-state index in [1.165, 1.54) is 0 Å². The quantitative estimate of drug-likeness (QED) is 0.678. The first-order chi connectivity index (χ1) is 14.0. The monoisotopic (exact) mass is 396 g/mol. The number of amides is 2. The van der Waals surface area contributed by atoms with Gasteiger partial charge in [-0.2, -0.15) is 0 Å². The number of hydrogen-bond acceptors (Lipinski definition) is 4. The number of unbranched alkanes of at least 4 members (excludes halogenated alkanes) is 2. The van der Waals surface area contributed by atoms with Crippen molar-refractivity contribution in [3.05, 3.63) is 47.5 Å². The highest BCUT2D eigenvalue weighted by Gasteiger charge is 2.25. The van der Waals surface area contributed by atoms with Gasteiger partial charge in [0.15, 0.2) is 13.2 Å². The van der Waals surface area contributed by atoms with Crippen LogP contribution in [0.25, 0.3) is 0 Å². The van der Waals surface area contributed by atoms with Crippen LogP contribution in [0.1, 0.15) is 37.3 Å². The predicted octanol–water partition coefficient (Wildman–Crippen LogP) is 4.24. The Bertz CT molecular complexity index is 894. The Kier molecular flexibility index (Phi) is 6.75. The molecule has 1 aliphatic rings. The van der Waals surface area contributed by atoms with Crippen molar-refractivity contribution in [3.63, 3.8) is 0 Å². The lowest BCUT2D eigenvalue weighted by atomic mass is 10.1. The molecular weight excluding hydrogens is 368 g/mol. The maximum absolute atomic E-state index is 12.4. The fraction of sp³-hybridized carbons (Fsp3) is 0.391. The second-order valence-corrected chi connectivity index (χ2v) is 7.33. The molecule has 6 heteroatoms. The lowest BCUT2D eigenvalue weighted by Crippen LogP contribution is -2.39. The minimum atomic E-state index is -0.258. The topological polar surface area (TPSA) is 67.9 Å². The van der Waals surface area contributed by atoms with E-state index in [1.807, 2.05) is 32.0 Å². The zero-order valence-electron chi connectivity index (χ0n) is 17.3. The second kappa shape index (κ2) is 9.45. The van der Waals surface area contributed by atoms with E-state index >= 15 is 0 Å². The number of nitrogens with zero attached hydrogens (tertiary/aromatic N) is 1. The van der Waals surface area contributed by atoms with Gasteiger partial charge in [0.25, 0.3) is 11.8 Å². The molecule has 0 saturated carbocycles. The normalized spacial score (nSPS) is 12.9. The molecule has 0 radical (unpaired) electrons. The molecule has 3 rings (SSSR count). The van der Waals surface area contributed by atoms with E-state index in [2.05, 4.69) is 12.2 Å². The summed E-state index contributed by atoms with van der Waals surface area (Å²) >= 11 is 0. The first-order valence-corrected chi connectivity index (χ1v) is 10.0. The van der Waals surface area contributed by atoms with Crippen LogP contribution >= 0.6 is 0 Å². The number of ether oxygens (including phenoxy) is 2. The van der Waals surface area contributed by atoms with Crippen molar-refractivity contribution in [3.8, 4) is 11.5 Å². The van der Waals surface area contributed by atoms with Crippen LogP contribution in [0.4, 0.5) is 11.4 Å². The molecule has 0 spiro atoms. The summed E-state index contributed by atoms with van der Waals surface area (Å²) in [7, 11) is 0. The van der Waals surface area contributed by atoms with Crippen LogP contribution in [0.5, 0.6) is 11.5 Å². The minimum Gasteiger partial charge on any atom is -0.483 e. The van der Waals surface area contributed by atoms with Gasteiger partial charge in [0.05, 0.1) is 5.69 Å². The Balaban J connectivity index is 1.66. The number of carbonyl (C=O) groups excluding carboxylic acids is 2. The number of anilines is 2. The maximum atomic E-state index is 12.4. The van der Waals surface area contributed by atoms with Gasteiger partial charge in [-0.3, -0.25) is 9.59 Å². The lowest BCUT2D eigenvalue weighted by Gasteiger charge is -2.29. The van der Waals surface area contributed by atoms with Gasteiger partial charge in [0, 0.05) is 12.2 Å². The molecule has 2 aromatic rings. The zero-order valence-corrected chi connectivity index (χ0v) is 17.3. The van der Waals surface area contributed by atoms with E-state index in [9.17, 15) is 9.59 Å². The van der Waals surface area contributed by atoms with Gasteiger partial charge in [-0.25, -0.2) is 0 Å². The predicted molar refractivity (Wildman–Crippen MR) is 114 cm³/mol. The molecule has 154 valence electrons. The molecule has 0 atom stereocenters. The number of benzene rings is 2. The van der Waals surface area contributed by atoms with Crippen LogP contribution in [-0.2, 0) is 9.59 Å². The summed E-state index contributed by atoms with van der Waals surface area (Å²) in [5.41, 5.74) is 3.37. The fourth-order valence-corrected chi connectivity index (χ4v) is 3.25. The van der Waals surface area contributed by atoms with Crippen LogP contribution in [0, 0.1) is 13.8 Å². The van der Waals surface area contributed by atoms with Crippen molar-refractivity contribution in [2.45, 2.75) is 40.0 Å². The molecule has 0 fully saturated rings. The molecule has 2 aromatic carbocycles. The van der Waals surface area contributed by atoms with E-state index in [4.69, 9.17) is 9.47 Å². The highest BCUT2D eigenvalue weighted by molar-refractivity contribution is 5.99. The molecule has 6 nitrogen and oxygen atoms in total. The van der Waals surface area contributed by atoms with Crippen LogP contribution in [-0.4, -0.2) is 31.6 Å². The lowest BCUT2D eigenvalue weighted by molar-refractivity contribution is -0.121. The third-order valence-corrected chi connectivity index (χ3v) is 4.87. The van der Waals surface area contributed by atoms with Crippen molar-refractivity contribution < 1.29 is 19.1 Å². The van der Waals surface area contributed by atoms with E-state index < -0.39 is 0 Å². The van der Waals surface area contributed by atoms with Gasteiger partial charge >= 0.3 is 0 Å². The Labute approximate surface area is 171 Å². The van der Waals surface area contributed by atoms with Gasteiger partial charge in [0.2, 0.25) is 0 Å². The molecule has 1 N–H and O–H groups in total. The molecular formula is C23H28N2O4. The van der Waals surface area contributed by atoms with Crippen molar-refractivity contribution in [2.24, 2.45) is 0 Å². The molecule has 2 amide bonds. The van der Waals surface area contributed by atoms with Crippen molar-refractivity contribution in [1.29, 1.82) is 0 Å². The molecule has 1 heterocycles. The number of aryl methyl sites for hydroxylation is 2. The first-order valence-electron chi connectivity index (χ1n) is 10.0. The van der Waals surface area contributed by atoms with Crippen molar-refractivity contribution >= 4 is 23.2 Å². The summed E-state index contributed by atoms with van der Waals surface area (Å²) in [6.07, 6.45) is 3.08. The molecule has 0 aromatic heterocycles. The van der Waals surface area contributed by atoms with Gasteiger partial charge in [-0.05, 0) is 55.7 Å². The highest BCUT2D eigenvalue weighted by atomic mass is 16.5. The van der Waals surface area contributed by atoms with Gasteiger partial charge in [-0.1, -0.05) is 31.9 Å². The Morgan fingerprint density at radius 3 is 2.79 bits per heavy atom. The fourth-order valence-electron chi connectivity index (χ4n) is 3.25. The summed E-state index contributed by atoms with van der Waals surface area (Å²) < 4.78 is 11.2. The largest absolute Gasteiger partial charge is 0.483 e. The minimum absolute atomic E-state index is 0.0501. The third-order valence-electron chi connectivity index (χ3n) is 4.87. The summed E-state index contributed by atoms with van der Waals surface area (Å²) in [4.78, 5) is 26.4. The SMILES string of the molecule is CCCCCN1C(=O)COc2ccc(NC(=O)COc3cc(C)ccc3C)cc21. The van der Waals surface area contributed by atoms with E-state index in [1.54, 1.807) is 23.1 Å². The molecule has 0 unspecified atom stereocenters. The first kappa shape index (κ1) is 20.7. The zero-order chi connectivity index (χ0) is 20.8. The number of rotatable bonds is 8. The Hall–Kier alpha value is -3.02. The molecule has 29 heavy (non-hydrogen) atoms. The average Bonchev–Trinajstić information content (AvgIpc) is 2.70. The van der Waals surface area contributed by atoms with E-state index in [-0.39, 0.29) is 25.0 Å². The third kappa shape index (κ3) is 5.28. The summed E-state index contributed by atoms with van der Waals surface area (Å²) in [6, 6.07) is 11.2. The van der Waals surface area contributed by atoms with Crippen molar-refractivity contribution in [1.82, 2.24) is 0 Å². The number of fused-ring (bicyclic) bond motifs is 1. The molecule has 0 bridgehead atoms. The van der Waals surface area contributed by atoms with Crippen molar-refractivity contribution in [2.75, 3.05) is 30.0 Å². The summed E-state index contributed by atoms with van der Waals surface area (Å²) in [5, 5.41) is 2.84. The van der Waals surface area contributed by atoms with Gasteiger partial charge < -0.3 is 19.7 Å². The van der Waals surface area contributed by atoms with E-state index in [0.717, 1.165) is 30.4 Å². The maximum Gasteiger partial charge on any atom is 0.265 e. The number of hydrogen-bond donors (Lipinski definition) is 1. The van der Waals surface area contributed by atoms with Gasteiger partial charge in [-0.15, -0.1) is 0 Å². The number of carbonyl (C=O) groups is 2. The standard InChI is InChI=1S/C23H28N2O4/c1-4-5-6-11-25-19-13-18(9-10-20(19)29-15-23(25)27)24-22(26)14-28-21-12-16(2)7-8-17(21)3/h7-10,12-13H,4-6,11,14-15H2,1-3H3,(H,24,26). The van der Waals surface area contributed by atoms with E-state index in [0.29, 0.717) is 29.4 Å². The molecule has 0 saturated heterocycles. The Morgan fingerprint density at radius 2 is 2.00 bits per heavy atom. The van der Waals surface area contributed by atoms with Crippen LogP contribution < -0.4 is 19.7 Å². The average molecular weight is 396 g/mol. The number of nitrogens with one attached hydrogen (secondary N) is 1. The smallest absolute Gasteiger partial charge is 0.265 e.